The third-order valence-electron chi connectivity index (χ3n) is 5.24. The average molecular weight is 270 g/mol. The normalized spacial score (nSPS) is 36.2. The molecule has 2 bridgehead atoms. The number of nitro groups is 1. The number of aromatic nitrogens is 1. The molecule has 1 aromatic rings. The standard InChI is InChI=1S/C14H14N4O2/c15-5-9-4-10(18(19)20)6-16-14(9)17-13-11-7-1-2-8(3-7)12(11)13/h4,6-8,11-13H,1-3H2,(H,16,17). The highest BCUT2D eigenvalue weighted by Crippen LogP contribution is 2.66. The number of nitrogens with one attached hydrogen (secondary N) is 1. The van der Waals surface area contributed by atoms with E-state index in [1.54, 1.807) is 0 Å². The van der Waals surface area contributed by atoms with Crippen molar-refractivity contribution >= 4 is 11.5 Å². The monoisotopic (exact) mass is 270 g/mol. The Bertz CT molecular complexity index is 623. The van der Waals surface area contributed by atoms with Crippen LogP contribution in [0.4, 0.5) is 11.5 Å². The second kappa shape index (κ2) is 3.92. The molecule has 1 N–H and O–H groups in total. The fraction of sp³-hybridized carbons (Fsp3) is 0.571. The first kappa shape index (κ1) is 11.6. The Morgan fingerprint density at radius 1 is 1.40 bits per heavy atom. The number of nitrogens with zero attached hydrogens (tertiary/aromatic N) is 3. The summed E-state index contributed by atoms with van der Waals surface area (Å²) in [4.78, 5) is 14.3. The van der Waals surface area contributed by atoms with Crippen LogP contribution in [0, 0.1) is 45.1 Å². The summed E-state index contributed by atoms with van der Waals surface area (Å²) >= 11 is 0. The average Bonchev–Trinajstić information content (AvgIpc) is 2.84. The molecular weight excluding hydrogens is 256 g/mol. The van der Waals surface area contributed by atoms with E-state index in [0.29, 0.717) is 11.9 Å². The predicted octanol–water partition coefficient (Wildman–Crippen LogP) is 2.32. The zero-order valence-electron chi connectivity index (χ0n) is 10.8. The van der Waals surface area contributed by atoms with Crippen molar-refractivity contribution in [2.45, 2.75) is 25.3 Å². The molecule has 0 spiro atoms. The summed E-state index contributed by atoms with van der Waals surface area (Å²) in [7, 11) is 0. The number of hydrogen-bond donors (Lipinski definition) is 1. The van der Waals surface area contributed by atoms with Gasteiger partial charge in [0.15, 0.2) is 0 Å². The fourth-order valence-electron chi connectivity index (χ4n) is 4.43. The Kier molecular flexibility index (Phi) is 2.28. The van der Waals surface area contributed by atoms with Crippen molar-refractivity contribution in [3.8, 4) is 6.07 Å². The van der Waals surface area contributed by atoms with Crippen molar-refractivity contribution in [3.05, 3.63) is 27.9 Å². The first-order chi connectivity index (χ1) is 9.69. The van der Waals surface area contributed by atoms with Crippen molar-refractivity contribution in [3.63, 3.8) is 0 Å². The molecule has 0 aromatic carbocycles. The molecule has 0 amide bonds. The molecule has 0 radical (unpaired) electrons. The molecular formula is C14H14N4O2. The second-order valence-corrected chi connectivity index (χ2v) is 6.12. The minimum atomic E-state index is -0.524. The van der Waals surface area contributed by atoms with Gasteiger partial charge >= 0.3 is 0 Å². The van der Waals surface area contributed by atoms with Crippen LogP contribution < -0.4 is 5.32 Å². The molecule has 3 saturated carbocycles. The maximum Gasteiger partial charge on any atom is 0.289 e. The van der Waals surface area contributed by atoms with Gasteiger partial charge in [0.1, 0.15) is 23.6 Å². The first-order valence-corrected chi connectivity index (χ1v) is 7.00. The molecule has 3 aliphatic rings. The van der Waals surface area contributed by atoms with E-state index in [2.05, 4.69) is 10.3 Å². The molecule has 102 valence electrons. The summed E-state index contributed by atoms with van der Waals surface area (Å²) in [6.07, 6.45) is 5.26. The number of anilines is 1. The van der Waals surface area contributed by atoms with E-state index in [9.17, 15) is 10.1 Å². The largest absolute Gasteiger partial charge is 0.366 e. The van der Waals surface area contributed by atoms with Gasteiger partial charge < -0.3 is 5.32 Å². The van der Waals surface area contributed by atoms with Crippen LogP contribution in [0.3, 0.4) is 0 Å². The third-order valence-corrected chi connectivity index (χ3v) is 5.24. The Labute approximate surface area is 116 Å². The van der Waals surface area contributed by atoms with Crippen LogP contribution in [0.5, 0.6) is 0 Å². The predicted molar refractivity (Wildman–Crippen MR) is 70.8 cm³/mol. The van der Waals surface area contributed by atoms with Gasteiger partial charge in [-0.15, -0.1) is 0 Å². The van der Waals surface area contributed by atoms with Gasteiger partial charge in [-0.2, -0.15) is 5.26 Å². The molecule has 3 aliphatic carbocycles. The van der Waals surface area contributed by atoms with Gasteiger partial charge in [-0.3, -0.25) is 10.1 Å². The second-order valence-electron chi connectivity index (χ2n) is 6.12. The highest BCUT2D eigenvalue weighted by atomic mass is 16.6. The molecule has 1 aromatic heterocycles. The number of rotatable bonds is 3. The molecule has 4 atom stereocenters. The van der Waals surface area contributed by atoms with Crippen molar-refractivity contribution in [2.24, 2.45) is 23.7 Å². The van der Waals surface area contributed by atoms with Crippen LogP contribution >= 0.6 is 0 Å². The van der Waals surface area contributed by atoms with Crippen molar-refractivity contribution in [1.82, 2.24) is 4.98 Å². The lowest BCUT2D eigenvalue weighted by molar-refractivity contribution is -0.385. The lowest BCUT2D eigenvalue weighted by Gasteiger charge is -2.11. The van der Waals surface area contributed by atoms with Crippen LogP contribution in [-0.4, -0.2) is 15.9 Å². The maximum atomic E-state index is 10.7. The van der Waals surface area contributed by atoms with E-state index >= 15 is 0 Å². The SMILES string of the molecule is N#Cc1cc([N+](=O)[O-])cnc1NC1C2C3CCC(C3)C12. The summed E-state index contributed by atoms with van der Waals surface area (Å²) in [5.41, 5.74) is 0.125. The van der Waals surface area contributed by atoms with Gasteiger partial charge in [0, 0.05) is 12.1 Å². The molecule has 6 nitrogen and oxygen atoms in total. The van der Waals surface area contributed by atoms with E-state index < -0.39 is 4.92 Å². The Morgan fingerprint density at radius 2 is 2.10 bits per heavy atom. The molecule has 0 aliphatic heterocycles. The van der Waals surface area contributed by atoms with E-state index in [1.807, 2.05) is 6.07 Å². The van der Waals surface area contributed by atoms with E-state index in [0.717, 1.165) is 23.7 Å². The van der Waals surface area contributed by atoms with Gasteiger partial charge in [-0.05, 0) is 42.9 Å². The van der Waals surface area contributed by atoms with E-state index in [1.165, 1.54) is 31.5 Å². The minimum Gasteiger partial charge on any atom is -0.366 e. The van der Waals surface area contributed by atoms with Crippen molar-refractivity contribution < 1.29 is 4.92 Å². The lowest BCUT2D eigenvalue weighted by Crippen LogP contribution is -2.14. The number of nitriles is 1. The van der Waals surface area contributed by atoms with Crippen molar-refractivity contribution in [1.29, 1.82) is 5.26 Å². The minimum absolute atomic E-state index is 0.136. The Morgan fingerprint density at radius 3 is 2.70 bits per heavy atom. The first-order valence-electron chi connectivity index (χ1n) is 7.00. The zero-order valence-corrected chi connectivity index (χ0v) is 10.8. The highest BCUT2D eigenvalue weighted by molar-refractivity contribution is 5.57. The van der Waals surface area contributed by atoms with Gasteiger partial charge in [0.25, 0.3) is 5.69 Å². The molecule has 3 fully saturated rings. The summed E-state index contributed by atoms with van der Waals surface area (Å²) < 4.78 is 0. The molecule has 4 unspecified atom stereocenters. The number of pyridine rings is 1. The fourth-order valence-corrected chi connectivity index (χ4v) is 4.43. The lowest BCUT2D eigenvalue weighted by atomic mass is 10.0. The summed E-state index contributed by atoms with van der Waals surface area (Å²) in [5.74, 6) is 3.64. The van der Waals surface area contributed by atoms with Gasteiger partial charge in [-0.1, -0.05) is 0 Å². The van der Waals surface area contributed by atoms with Gasteiger partial charge in [-0.25, -0.2) is 4.98 Å². The topological polar surface area (TPSA) is 91.8 Å². The number of hydrogen-bond acceptors (Lipinski definition) is 5. The Hall–Kier alpha value is -2.16. The maximum absolute atomic E-state index is 10.7. The molecule has 4 rings (SSSR count). The molecule has 6 heteroatoms. The Balaban J connectivity index is 1.56. The van der Waals surface area contributed by atoms with Gasteiger partial charge in [0.05, 0.1) is 4.92 Å². The smallest absolute Gasteiger partial charge is 0.289 e. The van der Waals surface area contributed by atoms with Crippen molar-refractivity contribution in [2.75, 3.05) is 5.32 Å². The summed E-state index contributed by atoms with van der Waals surface area (Å²) in [5, 5.41) is 23.2. The van der Waals surface area contributed by atoms with Crippen LogP contribution in [0.25, 0.3) is 0 Å². The van der Waals surface area contributed by atoms with Crippen LogP contribution in [0.2, 0.25) is 0 Å². The zero-order chi connectivity index (χ0) is 13.9. The van der Waals surface area contributed by atoms with Gasteiger partial charge in [0.2, 0.25) is 0 Å². The summed E-state index contributed by atoms with van der Waals surface area (Å²) in [6.45, 7) is 0. The summed E-state index contributed by atoms with van der Waals surface area (Å²) in [6, 6.07) is 3.71. The molecule has 20 heavy (non-hydrogen) atoms. The van der Waals surface area contributed by atoms with E-state index in [4.69, 9.17) is 5.26 Å². The van der Waals surface area contributed by atoms with Crippen LogP contribution in [0.1, 0.15) is 24.8 Å². The molecule has 0 saturated heterocycles. The van der Waals surface area contributed by atoms with Crippen LogP contribution in [-0.2, 0) is 0 Å². The van der Waals surface area contributed by atoms with Crippen LogP contribution in [0.15, 0.2) is 12.3 Å². The molecule has 1 heterocycles. The highest BCUT2D eigenvalue weighted by Gasteiger charge is 2.65. The quantitative estimate of drug-likeness (QED) is 0.672. The third kappa shape index (κ3) is 1.52. The van der Waals surface area contributed by atoms with E-state index in [-0.39, 0.29) is 11.3 Å². The number of fused-ring (bicyclic) bond motifs is 5.